The Morgan fingerprint density at radius 2 is 2.24 bits per heavy atom. The number of benzene rings is 1. The summed E-state index contributed by atoms with van der Waals surface area (Å²) < 4.78 is 25.1. The molecule has 1 aliphatic heterocycles. The summed E-state index contributed by atoms with van der Waals surface area (Å²) in [7, 11) is -3.27. The van der Waals surface area contributed by atoms with E-state index in [1.54, 1.807) is 12.1 Å². The molecule has 4 nitrogen and oxygen atoms in total. The van der Waals surface area contributed by atoms with E-state index >= 15 is 0 Å². The van der Waals surface area contributed by atoms with Gasteiger partial charge in [0.25, 0.3) is 0 Å². The van der Waals surface area contributed by atoms with Crippen molar-refractivity contribution < 1.29 is 8.42 Å². The lowest BCUT2D eigenvalue weighted by Crippen LogP contribution is -2.25. The number of hydrogen-bond donors (Lipinski definition) is 0. The Balaban J connectivity index is 2.46. The molecule has 1 atom stereocenters. The molecule has 1 saturated heterocycles. The minimum atomic E-state index is -3.27. The number of sulfonamides is 1. The zero-order chi connectivity index (χ0) is 12.6. The maximum Gasteiger partial charge on any atom is 0.235 e. The van der Waals surface area contributed by atoms with Crippen molar-refractivity contribution in [3.63, 3.8) is 0 Å². The van der Waals surface area contributed by atoms with E-state index in [-0.39, 0.29) is 11.7 Å². The Morgan fingerprint density at radius 3 is 2.71 bits per heavy atom. The first kappa shape index (κ1) is 12.2. The summed E-state index contributed by atoms with van der Waals surface area (Å²) in [5.41, 5.74) is 0.874. The van der Waals surface area contributed by atoms with Crippen LogP contribution in [-0.2, 0) is 10.0 Å². The molecule has 2 rings (SSSR count). The van der Waals surface area contributed by atoms with Crippen LogP contribution in [-0.4, -0.2) is 20.7 Å². The third-order valence-corrected chi connectivity index (χ3v) is 4.96. The van der Waals surface area contributed by atoms with Crippen molar-refractivity contribution in [1.29, 1.82) is 5.26 Å². The standard InChI is InChI=1S/C11H11ClN2O2S/c1-8-6-14(17(15,16)7-8)11-3-2-9(5-13)4-10(11)12/h2-4,8H,6-7H2,1H3. The molecule has 0 radical (unpaired) electrons. The van der Waals surface area contributed by atoms with Crippen molar-refractivity contribution in [2.45, 2.75) is 6.92 Å². The monoisotopic (exact) mass is 270 g/mol. The molecule has 0 spiro atoms. The minimum Gasteiger partial charge on any atom is -0.268 e. The lowest BCUT2D eigenvalue weighted by molar-refractivity contribution is 0.598. The largest absolute Gasteiger partial charge is 0.268 e. The fourth-order valence-electron chi connectivity index (χ4n) is 1.93. The van der Waals surface area contributed by atoms with Gasteiger partial charge in [-0.05, 0) is 24.1 Å². The van der Waals surface area contributed by atoms with E-state index in [0.717, 1.165) is 0 Å². The molecule has 1 aromatic rings. The van der Waals surface area contributed by atoms with E-state index in [1.165, 1.54) is 10.4 Å². The van der Waals surface area contributed by atoms with Crippen LogP contribution in [0.15, 0.2) is 18.2 Å². The van der Waals surface area contributed by atoms with Gasteiger partial charge in [-0.3, -0.25) is 4.31 Å². The van der Waals surface area contributed by atoms with Gasteiger partial charge in [0.2, 0.25) is 10.0 Å². The second kappa shape index (κ2) is 4.21. The van der Waals surface area contributed by atoms with Gasteiger partial charge < -0.3 is 0 Å². The van der Waals surface area contributed by atoms with Crippen LogP contribution in [0.2, 0.25) is 5.02 Å². The van der Waals surface area contributed by atoms with Crippen LogP contribution >= 0.6 is 11.6 Å². The van der Waals surface area contributed by atoms with Gasteiger partial charge in [0.05, 0.1) is 28.1 Å². The van der Waals surface area contributed by atoms with Crippen LogP contribution in [0, 0.1) is 17.2 Å². The van der Waals surface area contributed by atoms with E-state index in [0.29, 0.717) is 22.8 Å². The summed E-state index contributed by atoms with van der Waals surface area (Å²) >= 11 is 6.01. The number of nitrogens with zero attached hydrogens (tertiary/aromatic N) is 2. The normalized spacial score (nSPS) is 22.4. The fourth-order valence-corrected chi connectivity index (χ4v) is 4.20. The maximum absolute atomic E-state index is 11.9. The van der Waals surface area contributed by atoms with Crippen molar-refractivity contribution in [1.82, 2.24) is 0 Å². The van der Waals surface area contributed by atoms with Gasteiger partial charge in [-0.1, -0.05) is 18.5 Å². The van der Waals surface area contributed by atoms with E-state index in [1.807, 2.05) is 13.0 Å². The first-order chi connectivity index (χ1) is 7.94. The highest BCUT2D eigenvalue weighted by Crippen LogP contribution is 2.33. The predicted molar refractivity (Wildman–Crippen MR) is 66.5 cm³/mol. The molecule has 0 aliphatic carbocycles. The van der Waals surface area contributed by atoms with E-state index in [2.05, 4.69) is 0 Å². The molecular weight excluding hydrogens is 260 g/mol. The van der Waals surface area contributed by atoms with E-state index in [9.17, 15) is 8.42 Å². The van der Waals surface area contributed by atoms with Crippen molar-refractivity contribution >= 4 is 27.3 Å². The minimum absolute atomic E-state index is 0.0895. The van der Waals surface area contributed by atoms with Gasteiger partial charge >= 0.3 is 0 Å². The first-order valence-electron chi connectivity index (χ1n) is 5.14. The molecule has 1 unspecified atom stereocenters. The third kappa shape index (κ3) is 2.24. The van der Waals surface area contributed by atoms with Crippen LogP contribution in [0.1, 0.15) is 12.5 Å². The number of anilines is 1. The van der Waals surface area contributed by atoms with Gasteiger partial charge in [-0.2, -0.15) is 5.26 Å². The van der Waals surface area contributed by atoms with Crippen molar-refractivity contribution in [3.8, 4) is 6.07 Å². The lowest BCUT2D eigenvalue weighted by atomic mass is 10.2. The van der Waals surface area contributed by atoms with Crippen molar-refractivity contribution in [3.05, 3.63) is 28.8 Å². The summed E-state index contributed by atoms with van der Waals surface area (Å²) in [4.78, 5) is 0. The number of rotatable bonds is 1. The molecule has 1 aliphatic rings. The van der Waals surface area contributed by atoms with Gasteiger partial charge in [0.15, 0.2) is 0 Å². The summed E-state index contributed by atoms with van der Waals surface area (Å²) in [5.74, 6) is 0.232. The zero-order valence-electron chi connectivity index (χ0n) is 9.22. The van der Waals surface area contributed by atoms with E-state index in [4.69, 9.17) is 16.9 Å². The SMILES string of the molecule is CC1CN(c2ccc(C#N)cc2Cl)S(=O)(=O)C1. The average Bonchev–Trinajstić information content (AvgIpc) is 2.51. The number of nitriles is 1. The average molecular weight is 271 g/mol. The van der Waals surface area contributed by atoms with Crippen LogP contribution in [0.3, 0.4) is 0 Å². The second-order valence-electron chi connectivity index (χ2n) is 4.19. The summed E-state index contributed by atoms with van der Waals surface area (Å²) in [6.07, 6.45) is 0. The Kier molecular flexibility index (Phi) is 3.02. The predicted octanol–water partition coefficient (Wildman–Crippen LogP) is 2.00. The smallest absolute Gasteiger partial charge is 0.235 e. The quantitative estimate of drug-likeness (QED) is 0.784. The Hall–Kier alpha value is -1.25. The van der Waals surface area contributed by atoms with Crippen LogP contribution in [0.5, 0.6) is 0 Å². The lowest BCUT2D eigenvalue weighted by Gasteiger charge is -2.18. The molecule has 0 N–H and O–H groups in total. The molecular formula is C11H11ClN2O2S. The van der Waals surface area contributed by atoms with E-state index < -0.39 is 10.0 Å². The Labute approximate surface area is 105 Å². The molecule has 0 aromatic heterocycles. The van der Waals surface area contributed by atoms with Gasteiger partial charge in [0.1, 0.15) is 0 Å². The van der Waals surface area contributed by atoms with Crippen molar-refractivity contribution in [2.75, 3.05) is 16.6 Å². The summed E-state index contributed by atoms with van der Waals surface area (Å²) in [6, 6.07) is 6.59. The molecule has 0 amide bonds. The summed E-state index contributed by atoms with van der Waals surface area (Å²) in [6.45, 7) is 2.32. The van der Waals surface area contributed by atoms with Gasteiger partial charge in [-0.25, -0.2) is 8.42 Å². The van der Waals surface area contributed by atoms with Gasteiger partial charge in [-0.15, -0.1) is 0 Å². The Morgan fingerprint density at radius 1 is 1.53 bits per heavy atom. The van der Waals surface area contributed by atoms with Crippen LogP contribution in [0.25, 0.3) is 0 Å². The summed E-state index contributed by atoms with van der Waals surface area (Å²) in [5, 5.41) is 9.02. The number of halogens is 1. The third-order valence-electron chi connectivity index (χ3n) is 2.65. The molecule has 1 aromatic carbocycles. The molecule has 90 valence electrons. The van der Waals surface area contributed by atoms with Crippen LogP contribution in [0.4, 0.5) is 5.69 Å². The fraction of sp³-hybridized carbons (Fsp3) is 0.364. The van der Waals surface area contributed by atoms with Crippen molar-refractivity contribution in [2.24, 2.45) is 5.92 Å². The molecule has 1 heterocycles. The van der Waals surface area contributed by atoms with Gasteiger partial charge in [0, 0.05) is 6.54 Å². The highest BCUT2D eigenvalue weighted by atomic mass is 35.5. The Bertz CT molecular complexity index is 592. The molecule has 0 saturated carbocycles. The number of hydrogen-bond acceptors (Lipinski definition) is 3. The topological polar surface area (TPSA) is 61.2 Å². The first-order valence-corrected chi connectivity index (χ1v) is 7.13. The molecule has 6 heteroatoms. The maximum atomic E-state index is 11.9. The van der Waals surface area contributed by atoms with Crippen LogP contribution < -0.4 is 4.31 Å². The second-order valence-corrected chi connectivity index (χ2v) is 6.54. The molecule has 1 fully saturated rings. The zero-order valence-corrected chi connectivity index (χ0v) is 10.8. The highest BCUT2D eigenvalue weighted by Gasteiger charge is 2.34. The highest BCUT2D eigenvalue weighted by molar-refractivity contribution is 7.93. The molecule has 17 heavy (non-hydrogen) atoms. The molecule has 0 bridgehead atoms.